The normalized spacial score (nSPS) is 24.0. The van der Waals surface area contributed by atoms with Gasteiger partial charge in [0.15, 0.2) is 0 Å². The summed E-state index contributed by atoms with van der Waals surface area (Å²) in [6, 6.07) is 0.765. The topological polar surface area (TPSA) is 15.3 Å². The van der Waals surface area contributed by atoms with Crippen molar-refractivity contribution in [3.63, 3.8) is 0 Å². The minimum Gasteiger partial charge on any atom is -0.311 e. The molecule has 1 unspecified atom stereocenters. The number of likely N-dealkylation sites (tertiary alicyclic amines) is 1. The Labute approximate surface area is 115 Å². The van der Waals surface area contributed by atoms with Crippen LogP contribution in [0.4, 0.5) is 0 Å². The van der Waals surface area contributed by atoms with E-state index in [9.17, 15) is 0 Å². The summed E-state index contributed by atoms with van der Waals surface area (Å²) in [5, 5.41) is 3.66. The van der Waals surface area contributed by atoms with Crippen LogP contribution in [-0.4, -0.2) is 36.1 Å². The molecular formula is C16H34N2. The van der Waals surface area contributed by atoms with E-state index in [1.54, 1.807) is 0 Å². The zero-order valence-corrected chi connectivity index (χ0v) is 13.5. The second kappa shape index (κ2) is 6.38. The van der Waals surface area contributed by atoms with Crippen molar-refractivity contribution in [1.29, 1.82) is 0 Å². The van der Waals surface area contributed by atoms with Gasteiger partial charge in [-0.15, -0.1) is 0 Å². The molecule has 108 valence electrons. The first-order valence-electron chi connectivity index (χ1n) is 7.69. The van der Waals surface area contributed by atoms with Crippen LogP contribution in [0.2, 0.25) is 0 Å². The van der Waals surface area contributed by atoms with E-state index in [1.807, 2.05) is 0 Å². The van der Waals surface area contributed by atoms with Crippen molar-refractivity contribution in [2.24, 2.45) is 5.41 Å². The van der Waals surface area contributed by atoms with Crippen molar-refractivity contribution >= 4 is 0 Å². The van der Waals surface area contributed by atoms with E-state index < -0.39 is 0 Å². The van der Waals surface area contributed by atoms with Gasteiger partial charge in [0.05, 0.1) is 0 Å². The average Bonchev–Trinajstić information content (AvgIpc) is 2.41. The van der Waals surface area contributed by atoms with Gasteiger partial charge < -0.3 is 10.2 Å². The van der Waals surface area contributed by atoms with Crippen LogP contribution in [0.1, 0.15) is 67.2 Å². The Morgan fingerprint density at radius 2 is 1.72 bits per heavy atom. The number of hydrogen-bond donors (Lipinski definition) is 1. The molecule has 1 heterocycles. The standard InChI is InChI=1S/C16H34N2/c1-14-10-8-7-9-11-18(14)13-16(5,6)12-17-15(2,3)4/h14,17H,7-13H2,1-6H3. The van der Waals surface area contributed by atoms with Crippen LogP contribution in [0.25, 0.3) is 0 Å². The molecule has 1 saturated heterocycles. The van der Waals surface area contributed by atoms with E-state index in [-0.39, 0.29) is 5.54 Å². The Morgan fingerprint density at radius 1 is 1.06 bits per heavy atom. The fraction of sp³-hybridized carbons (Fsp3) is 1.00. The lowest BCUT2D eigenvalue weighted by molar-refractivity contribution is 0.132. The molecule has 0 radical (unpaired) electrons. The summed E-state index contributed by atoms with van der Waals surface area (Å²) in [7, 11) is 0. The average molecular weight is 254 g/mol. The predicted octanol–water partition coefficient (Wildman–Crippen LogP) is 3.67. The smallest absolute Gasteiger partial charge is 0.00967 e. The number of hydrogen-bond acceptors (Lipinski definition) is 2. The van der Waals surface area contributed by atoms with Crippen molar-refractivity contribution in [2.75, 3.05) is 19.6 Å². The Hall–Kier alpha value is -0.0800. The first-order valence-corrected chi connectivity index (χ1v) is 7.69. The molecule has 2 nitrogen and oxygen atoms in total. The Kier molecular flexibility index (Phi) is 5.67. The molecule has 0 amide bonds. The van der Waals surface area contributed by atoms with Crippen LogP contribution in [-0.2, 0) is 0 Å². The molecule has 1 aliphatic rings. The summed E-state index contributed by atoms with van der Waals surface area (Å²) >= 11 is 0. The lowest BCUT2D eigenvalue weighted by Crippen LogP contribution is -2.48. The van der Waals surface area contributed by atoms with Crippen molar-refractivity contribution in [3.8, 4) is 0 Å². The van der Waals surface area contributed by atoms with Gasteiger partial charge in [-0.3, -0.25) is 0 Å². The molecule has 2 heteroatoms. The molecule has 0 bridgehead atoms. The van der Waals surface area contributed by atoms with Gasteiger partial charge in [0.2, 0.25) is 0 Å². The minimum absolute atomic E-state index is 0.224. The largest absolute Gasteiger partial charge is 0.311 e. The molecule has 1 aliphatic heterocycles. The second-order valence-electron chi connectivity index (χ2n) is 7.94. The monoisotopic (exact) mass is 254 g/mol. The number of rotatable bonds is 4. The summed E-state index contributed by atoms with van der Waals surface area (Å²) in [6.45, 7) is 17.5. The third kappa shape index (κ3) is 6.19. The summed E-state index contributed by atoms with van der Waals surface area (Å²) in [5.74, 6) is 0. The third-order valence-electron chi connectivity index (χ3n) is 3.92. The van der Waals surface area contributed by atoms with Crippen LogP contribution in [0.3, 0.4) is 0 Å². The lowest BCUT2D eigenvalue weighted by Gasteiger charge is -2.37. The van der Waals surface area contributed by atoms with E-state index in [0.29, 0.717) is 5.41 Å². The fourth-order valence-corrected chi connectivity index (χ4v) is 2.68. The highest BCUT2D eigenvalue weighted by Gasteiger charge is 2.26. The van der Waals surface area contributed by atoms with Crippen molar-refractivity contribution in [3.05, 3.63) is 0 Å². The third-order valence-corrected chi connectivity index (χ3v) is 3.92. The zero-order valence-electron chi connectivity index (χ0n) is 13.5. The Morgan fingerprint density at radius 3 is 2.33 bits per heavy atom. The molecule has 1 N–H and O–H groups in total. The van der Waals surface area contributed by atoms with Gasteiger partial charge in [0, 0.05) is 24.7 Å². The molecule has 0 aromatic rings. The van der Waals surface area contributed by atoms with Crippen molar-refractivity contribution < 1.29 is 0 Å². The maximum absolute atomic E-state index is 3.66. The SMILES string of the molecule is CC1CCCCCN1CC(C)(C)CNC(C)(C)C. The summed E-state index contributed by atoms with van der Waals surface area (Å²) < 4.78 is 0. The van der Waals surface area contributed by atoms with Crippen LogP contribution in [0.5, 0.6) is 0 Å². The van der Waals surface area contributed by atoms with Gasteiger partial charge >= 0.3 is 0 Å². The first-order chi connectivity index (χ1) is 8.20. The molecule has 1 fully saturated rings. The highest BCUT2D eigenvalue weighted by atomic mass is 15.2. The minimum atomic E-state index is 0.224. The molecular weight excluding hydrogens is 220 g/mol. The summed E-state index contributed by atoms with van der Waals surface area (Å²) in [5.41, 5.74) is 0.577. The molecule has 18 heavy (non-hydrogen) atoms. The maximum Gasteiger partial charge on any atom is 0.00967 e. The van der Waals surface area contributed by atoms with E-state index in [0.717, 1.165) is 12.6 Å². The summed E-state index contributed by atoms with van der Waals surface area (Å²) in [6.07, 6.45) is 5.59. The molecule has 0 aromatic heterocycles. The van der Waals surface area contributed by atoms with Gasteiger partial charge in [-0.05, 0) is 52.5 Å². The maximum atomic E-state index is 3.66. The van der Waals surface area contributed by atoms with Crippen LogP contribution < -0.4 is 5.32 Å². The molecule has 0 aliphatic carbocycles. The number of nitrogens with one attached hydrogen (secondary N) is 1. The van der Waals surface area contributed by atoms with Crippen LogP contribution in [0.15, 0.2) is 0 Å². The fourth-order valence-electron chi connectivity index (χ4n) is 2.68. The van der Waals surface area contributed by atoms with Gasteiger partial charge in [-0.25, -0.2) is 0 Å². The second-order valence-corrected chi connectivity index (χ2v) is 7.94. The van der Waals surface area contributed by atoms with Gasteiger partial charge in [0.25, 0.3) is 0 Å². The lowest BCUT2D eigenvalue weighted by atomic mass is 9.90. The molecule has 1 atom stereocenters. The molecule has 0 spiro atoms. The predicted molar refractivity (Wildman–Crippen MR) is 81.0 cm³/mol. The van der Waals surface area contributed by atoms with E-state index in [1.165, 1.54) is 38.8 Å². The molecule has 0 aromatic carbocycles. The molecule has 0 saturated carbocycles. The highest BCUT2D eigenvalue weighted by Crippen LogP contribution is 2.23. The number of nitrogens with zero attached hydrogens (tertiary/aromatic N) is 1. The Balaban J connectivity index is 2.47. The van der Waals surface area contributed by atoms with Gasteiger partial charge in [0.1, 0.15) is 0 Å². The quantitative estimate of drug-likeness (QED) is 0.823. The van der Waals surface area contributed by atoms with Crippen molar-refractivity contribution in [1.82, 2.24) is 10.2 Å². The van der Waals surface area contributed by atoms with Crippen molar-refractivity contribution in [2.45, 2.75) is 78.8 Å². The molecule has 1 rings (SSSR count). The van der Waals surface area contributed by atoms with E-state index >= 15 is 0 Å². The van der Waals surface area contributed by atoms with E-state index in [2.05, 4.69) is 51.8 Å². The van der Waals surface area contributed by atoms with Crippen LogP contribution in [0, 0.1) is 5.41 Å². The Bertz CT molecular complexity index is 240. The summed E-state index contributed by atoms with van der Waals surface area (Å²) in [4.78, 5) is 2.71. The van der Waals surface area contributed by atoms with Gasteiger partial charge in [-0.2, -0.15) is 0 Å². The first kappa shape index (κ1) is 16.0. The zero-order chi connectivity index (χ0) is 13.8. The van der Waals surface area contributed by atoms with E-state index in [4.69, 9.17) is 0 Å². The van der Waals surface area contributed by atoms with Gasteiger partial charge in [-0.1, -0.05) is 26.7 Å². The highest BCUT2D eigenvalue weighted by molar-refractivity contribution is 4.83. The van der Waals surface area contributed by atoms with Crippen LogP contribution >= 0.6 is 0 Å².